The van der Waals surface area contributed by atoms with Crippen molar-refractivity contribution in [2.45, 2.75) is 23.9 Å². The number of rotatable bonds is 5. The molecule has 0 aliphatic rings. The number of nitrogens with one attached hydrogen (secondary N) is 1. The first-order chi connectivity index (χ1) is 8.26. The van der Waals surface area contributed by atoms with Crippen molar-refractivity contribution in [3.63, 3.8) is 0 Å². The van der Waals surface area contributed by atoms with Crippen LogP contribution in [0.15, 0.2) is 26.8 Å². The average molecular weight is 270 g/mol. The van der Waals surface area contributed by atoms with Crippen LogP contribution in [0.4, 0.5) is 0 Å². The molecule has 0 aromatic carbocycles. The van der Waals surface area contributed by atoms with Crippen molar-refractivity contribution in [2.24, 2.45) is 5.73 Å². The van der Waals surface area contributed by atoms with Gasteiger partial charge < -0.3 is 5.73 Å². The molecule has 0 spiro atoms. The third-order valence-electron chi connectivity index (χ3n) is 2.42. The predicted octanol–water partition coefficient (Wildman–Crippen LogP) is 1.44. The molecular formula is C10H14N4OS2. The maximum atomic E-state index is 11.4. The van der Waals surface area contributed by atoms with Gasteiger partial charge in [-0.3, -0.25) is 4.57 Å². The predicted molar refractivity (Wildman–Crippen MR) is 70.5 cm³/mol. The molecule has 2 aromatic heterocycles. The summed E-state index contributed by atoms with van der Waals surface area (Å²) in [6.45, 7) is 3.05. The minimum atomic E-state index is -0.170. The molecule has 0 aliphatic carbocycles. The van der Waals surface area contributed by atoms with E-state index < -0.39 is 0 Å². The van der Waals surface area contributed by atoms with E-state index in [-0.39, 0.29) is 10.9 Å². The molecule has 2 aromatic rings. The van der Waals surface area contributed by atoms with E-state index in [9.17, 15) is 4.79 Å². The molecule has 0 saturated heterocycles. The van der Waals surface area contributed by atoms with Gasteiger partial charge in [-0.15, -0.1) is 5.10 Å². The molecular weight excluding hydrogens is 256 g/mol. The van der Waals surface area contributed by atoms with Crippen LogP contribution in [-0.4, -0.2) is 21.3 Å². The molecule has 0 amide bonds. The van der Waals surface area contributed by atoms with Crippen LogP contribution < -0.4 is 11.4 Å². The molecule has 1 atom stereocenters. The van der Waals surface area contributed by atoms with E-state index in [1.807, 2.05) is 12.3 Å². The molecule has 7 heteroatoms. The largest absolute Gasteiger partial charge is 0.343 e. The Kier molecular flexibility index (Phi) is 4.03. The monoisotopic (exact) mass is 270 g/mol. The maximum Gasteiger partial charge on any atom is 0.343 e. The third-order valence-corrected chi connectivity index (χ3v) is 4.39. The summed E-state index contributed by atoms with van der Waals surface area (Å²) < 4.78 is 1.61. The van der Waals surface area contributed by atoms with Crippen LogP contribution in [0.1, 0.15) is 17.7 Å². The summed E-state index contributed by atoms with van der Waals surface area (Å²) >= 11 is 3.16. The number of hydrogen-bond donors (Lipinski definition) is 2. The second-order valence-electron chi connectivity index (χ2n) is 3.45. The van der Waals surface area contributed by atoms with Gasteiger partial charge in [-0.25, -0.2) is 9.89 Å². The molecule has 92 valence electrons. The van der Waals surface area contributed by atoms with Gasteiger partial charge >= 0.3 is 5.69 Å². The summed E-state index contributed by atoms with van der Waals surface area (Å²) in [5, 5.41) is 11.4. The Labute approximate surface area is 107 Å². The highest BCUT2D eigenvalue weighted by molar-refractivity contribution is 7.99. The summed E-state index contributed by atoms with van der Waals surface area (Å²) in [4.78, 5) is 11.4. The third kappa shape index (κ3) is 2.62. The Morgan fingerprint density at radius 1 is 1.71 bits per heavy atom. The normalized spacial score (nSPS) is 12.8. The molecule has 0 fully saturated rings. The molecule has 0 aliphatic heterocycles. The van der Waals surface area contributed by atoms with Crippen molar-refractivity contribution in [3.05, 3.63) is 32.9 Å². The van der Waals surface area contributed by atoms with Gasteiger partial charge in [0.05, 0.1) is 5.25 Å². The smallest absolute Gasteiger partial charge is 0.329 e. The van der Waals surface area contributed by atoms with Gasteiger partial charge in [0, 0.05) is 13.1 Å². The van der Waals surface area contributed by atoms with Crippen LogP contribution in [0.3, 0.4) is 0 Å². The first-order valence-electron chi connectivity index (χ1n) is 5.30. The molecule has 2 heterocycles. The zero-order chi connectivity index (χ0) is 12.3. The standard InChI is InChI=1S/C10H14N4OS2/c1-2-14-9(15)12-13-10(14)17-8(5-11)7-3-4-16-6-7/h3-4,6,8H,2,5,11H2,1H3,(H,12,15). The van der Waals surface area contributed by atoms with Crippen molar-refractivity contribution in [1.29, 1.82) is 0 Å². The van der Waals surface area contributed by atoms with Crippen molar-refractivity contribution >= 4 is 23.1 Å². The molecule has 5 nitrogen and oxygen atoms in total. The van der Waals surface area contributed by atoms with Crippen LogP contribution in [0.25, 0.3) is 0 Å². The van der Waals surface area contributed by atoms with Gasteiger partial charge in [-0.1, -0.05) is 11.8 Å². The minimum Gasteiger partial charge on any atom is -0.329 e. The van der Waals surface area contributed by atoms with Crippen LogP contribution in [0, 0.1) is 0 Å². The van der Waals surface area contributed by atoms with E-state index in [0.29, 0.717) is 18.2 Å². The van der Waals surface area contributed by atoms with E-state index in [0.717, 1.165) is 0 Å². The second kappa shape index (κ2) is 5.52. The quantitative estimate of drug-likeness (QED) is 0.806. The highest BCUT2D eigenvalue weighted by atomic mass is 32.2. The Morgan fingerprint density at radius 2 is 2.53 bits per heavy atom. The number of aromatic amines is 1. The van der Waals surface area contributed by atoms with Crippen molar-refractivity contribution in [1.82, 2.24) is 14.8 Å². The summed E-state index contributed by atoms with van der Waals surface area (Å²) in [7, 11) is 0. The Morgan fingerprint density at radius 3 is 3.12 bits per heavy atom. The topological polar surface area (TPSA) is 76.7 Å². The maximum absolute atomic E-state index is 11.4. The summed E-state index contributed by atoms with van der Waals surface area (Å²) in [6, 6.07) is 2.05. The summed E-state index contributed by atoms with van der Waals surface area (Å²) in [5.74, 6) is 0. The Balaban J connectivity index is 2.21. The van der Waals surface area contributed by atoms with Crippen molar-refractivity contribution in [2.75, 3.05) is 6.54 Å². The Hall–Kier alpha value is -1.05. The van der Waals surface area contributed by atoms with Gasteiger partial charge in [-0.2, -0.15) is 11.3 Å². The zero-order valence-electron chi connectivity index (χ0n) is 9.42. The minimum absolute atomic E-state index is 0.141. The number of thioether (sulfide) groups is 1. The van der Waals surface area contributed by atoms with Crippen molar-refractivity contribution in [3.8, 4) is 0 Å². The zero-order valence-corrected chi connectivity index (χ0v) is 11.1. The lowest BCUT2D eigenvalue weighted by Gasteiger charge is -2.12. The van der Waals surface area contributed by atoms with Crippen molar-refractivity contribution < 1.29 is 0 Å². The van der Waals surface area contributed by atoms with Gasteiger partial charge in [0.15, 0.2) is 5.16 Å². The molecule has 2 rings (SSSR count). The fourth-order valence-corrected chi connectivity index (χ4v) is 3.38. The number of nitrogens with two attached hydrogens (primary N) is 1. The van der Waals surface area contributed by atoms with Gasteiger partial charge in [0.25, 0.3) is 0 Å². The van der Waals surface area contributed by atoms with E-state index >= 15 is 0 Å². The lowest BCUT2D eigenvalue weighted by atomic mass is 10.2. The van der Waals surface area contributed by atoms with Gasteiger partial charge in [0.2, 0.25) is 0 Å². The van der Waals surface area contributed by atoms with Crippen LogP contribution in [0.5, 0.6) is 0 Å². The van der Waals surface area contributed by atoms with Crippen LogP contribution in [0.2, 0.25) is 0 Å². The first kappa shape index (κ1) is 12.4. The molecule has 0 bridgehead atoms. The fourth-order valence-electron chi connectivity index (χ4n) is 1.51. The summed E-state index contributed by atoms with van der Waals surface area (Å²) in [6.07, 6.45) is 0. The van der Waals surface area contributed by atoms with E-state index in [2.05, 4.69) is 21.6 Å². The van der Waals surface area contributed by atoms with Gasteiger partial charge in [-0.05, 0) is 29.3 Å². The van der Waals surface area contributed by atoms with Crippen LogP contribution >= 0.6 is 23.1 Å². The average Bonchev–Trinajstić information content (AvgIpc) is 2.95. The number of hydrogen-bond acceptors (Lipinski definition) is 5. The fraction of sp³-hybridized carbons (Fsp3) is 0.400. The molecule has 3 N–H and O–H groups in total. The van der Waals surface area contributed by atoms with E-state index in [1.165, 1.54) is 17.3 Å². The second-order valence-corrected chi connectivity index (χ2v) is 5.40. The molecule has 0 saturated carbocycles. The number of H-pyrrole nitrogens is 1. The number of nitrogens with zero attached hydrogens (tertiary/aromatic N) is 2. The SMILES string of the molecule is CCn1c(SC(CN)c2ccsc2)n[nH]c1=O. The number of aromatic nitrogens is 3. The highest BCUT2D eigenvalue weighted by Crippen LogP contribution is 2.33. The summed E-state index contributed by atoms with van der Waals surface area (Å²) in [5.41, 5.74) is 6.78. The first-order valence-corrected chi connectivity index (χ1v) is 7.12. The highest BCUT2D eigenvalue weighted by Gasteiger charge is 2.16. The molecule has 1 unspecified atom stereocenters. The van der Waals surface area contributed by atoms with Crippen LogP contribution in [-0.2, 0) is 6.54 Å². The molecule has 0 radical (unpaired) electrons. The lowest BCUT2D eigenvalue weighted by molar-refractivity contribution is 0.658. The number of thiophene rings is 1. The van der Waals surface area contributed by atoms with E-state index in [4.69, 9.17) is 5.73 Å². The lowest BCUT2D eigenvalue weighted by Crippen LogP contribution is -2.17. The Bertz CT molecular complexity index is 517. The van der Waals surface area contributed by atoms with E-state index in [1.54, 1.807) is 15.9 Å². The molecule has 17 heavy (non-hydrogen) atoms. The van der Waals surface area contributed by atoms with Gasteiger partial charge in [0.1, 0.15) is 0 Å².